The van der Waals surface area contributed by atoms with Crippen LogP contribution in [0.25, 0.3) is 10.9 Å². The number of hydrogen-bond acceptors (Lipinski definition) is 1. The first-order valence-electron chi connectivity index (χ1n) is 7.24. The molecule has 1 aliphatic heterocycles. The van der Waals surface area contributed by atoms with Crippen LogP contribution in [0.15, 0.2) is 24.3 Å². The van der Waals surface area contributed by atoms with Crippen LogP contribution in [-0.4, -0.2) is 11.5 Å². The minimum atomic E-state index is 0. The fraction of sp³-hybridized carbons (Fsp3) is 0.500. The Balaban J connectivity index is 0.00000110. The van der Waals surface area contributed by atoms with Crippen molar-refractivity contribution in [2.45, 2.75) is 44.1 Å². The van der Waals surface area contributed by atoms with Crippen LogP contribution in [0.1, 0.15) is 43.4 Å². The highest BCUT2D eigenvalue weighted by atomic mass is 35.5. The lowest BCUT2D eigenvalue weighted by molar-refractivity contribution is -0.00000392. The van der Waals surface area contributed by atoms with Crippen molar-refractivity contribution >= 4 is 10.9 Å². The Morgan fingerprint density at radius 1 is 1.00 bits per heavy atom. The average molecular weight is 276 g/mol. The molecule has 102 valence electrons. The monoisotopic (exact) mass is 275 g/mol. The minimum absolute atomic E-state index is 0. The lowest BCUT2D eigenvalue weighted by atomic mass is 9.75. The SMILES string of the molecule is [Cl-].c1ccc2c3c([nH]c2c1)C1(CCCCC1)NCC3. The minimum Gasteiger partial charge on any atom is -1.00 e. The van der Waals surface area contributed by atoms with E-state index in [2.05, 4.69) is 34.6 Å². The van der Waals surface area contributed by atoms with E-state index < -0.39 is 0 Å². The third-order valence-electron chi connectivity index (χ3n) is 4.84. The van der Waals surface area contributed by atoms with Gasteiger partial charge >= 0.3 is 0 Å². The molecule has 4 rings (SSSR count). The lowest BCUT2D eigenvalue weighted by Crippen LogP contribution is -3.00. The van der Waals surface area contributed by atoms with E-state index in [1.165, 1.54) is 55.1 Å². The Labute approximate surface area is 120 Å². The van der Waals surface area contributed by atoms with Crippen molar-refractivity contribution in [2.24, 2.45) is 0 Å². The third kappa shape index (κ3) is 1.89. The molecule has 0 unspecified atom stereocenters. The van der Waals surface area contributed by atoms with E-state index >= 15 is 0 Å². The van der Waals surface area contributed by atoms with Gasteiger partial charge in [-0.3, -0.25) is 0 Å². The second-order valence-electron chi connectivity index (χ2n) is 5.84. The van der Waals surface area contributed by atoms with Crippen molar-refractivity contribution < 1.29 is 12.4 Å². The van der Waals surface area contributed by atoms with Gasteiger partial charge in [0.15, 0.2) is 0 Å². The van der Waals surface area contributed by atoms with E-state index in [1.807, 2.05) is 0 Å². The van der Waals surface area contributed by atoms with E-state index in [-0.39, 0.29) is 17.9 Å². The van der Waals surface area contributed by atoms with Crippen LogP contribution in [0.2, 0.25) is 0 Å². The van der Waals surface area contributed by atoms with Crippen molar-refractivity contribution in [2.75, 3.05) is 6.54 Å². The predicted molar refractivity (Wildman–Crippen MR) is 74.8 cm³/mol. The van der Waals surface area contributed by atoms with Gasteiger partial charge < -0.3 is 22.7 Å². The number of aromatic amines is 1. The molecule has 0 saturated heterocycles. The zero-order valence-electron chi connectivity index (χ0n) is 11.1. The van der Waals surface area contributed by atoms with Crippen LogP contribution >= 0.6 is 0 Å². The molecule has 2 nitrogen and oxygen atoms in total. The second kappa shape index (κ2) is 4.84. The van der Waals surface area contributed by atoms with E-state index in [4.69, 9.17) is 0 Å². The Hall–Kier alpha value is -0.990. The number of nitrogens with one attached hydrogen (secondary N) is 2. The summed E-state index contributed by atoms with van der Waals surface area (Å²) in [6.45, 7) is 1.13. The number of halogens is 1. The van der Waals surface area contributed by atoms with Crippen LogP contribution in [0.5, 0.6) is 0 Å². The molecule has 2 aromatic rings. The van der Waals surface area contributed by atoms with E-state index in [9.17, 15) is 0 Å². The van der Waals surface area contributed by atoms with E-state index in [0.717, 1.165) is 6.54 Å². The summed E-state index contributed by atoms with van der Waals surface area (Å²) in [5.41, 5.74) is 4.64. The zero-order chi connectivity index (χ0) is 12.0. The van der Waals surface area contributed by atoms with E-state index in [0.29, 0.717) is 0 Å². The zero-order valence-corrected chi connectivity index (χ0v) is 11.9. The van der Waals surface area contributed by atoms with Crippen LogP contribution in [0, 0.1) is 0 Å². The highest BCUT2D eigenvalue weighted by Gasteiger charge is 2.39. The van der Waals surface area contributed by atoms with Crippen LogP contribution in [0.4, 0.5) is 0 Å². The first kappa shape index (κ1) is 13.0. The molecule has 0 amide bonds. The maximum absolute atomic E-state index is 3.82. The van der Waals surface area contributed by atoms with Crippen LogP contribution in [-0.2, 0) is 12.0 Å². The number of hydrogen-bond donors (Lipinski definition) is 2. The van der Waals surface area contributed by atoms with Gasteiger partial charge in [-0.15, -0.1) is 0 Å². The van der Waals surface area contributed by atoms with Gasteiger partial charge in [-0.2, -0.15) is 0 Å². The molecule has 0 radical (unpaired) electrons. The van der Waals surface area contributed by atoms with Crippen molar-refractivity contribution in [3.8, 4) is 0 Å². The number of H-pyrrole nitrogens is 1. The standard InChI is InChI=1S/C16H20N2.ClH/c1-4-9-16(10-5-1)15-13(8-11-17-16)12-6-2-3-7-14(12)18-15;/h2-3,6-7,17-18H,1,4-5,8-11H2;1H/p-1. The third-order valence-corrected chi connectivity index (χ3v) is 4.84. The molecule has 1 aromatic carbocycles. The number of para-hydroxylation sites is 1. The van der Waals surface area contributed by atoms with Gasteiger partial charge in [-0.25, -0.2) is 0 Å². The molecule has 1 aromatic heterocycles. The Morgan fingerprint density at radius 3 is 2.63 bits per heavy atom. The highest BCUT2D eigenvalue weighted by molar-refractivity contribution is 5.85. The molecule has 2 aliphatic rings. The normalized spacial score (nSPS) is 21.1. The highest BCUT2D eigenvalue weighted by Crippen LogP contribution is 2.42. The summed E-state index contributed by atoms with van der Waals surface area (Å²) in [6.07, 6.45) is 7.89. The van der Waals surface area contributed by atoms with Gasteiger partial charge in [0, 0.05) is 23.1 Å². The van der Waals surface area contributed by atoms with Crippen LogP contribution in [0.3, 0.4) is 0 Å². The summed E-state index contributed by atoms with van der Waals surface area (Å²) in [7, 11) is 0. The molecule has 19 heavy (non-hydrogen) atoms. The summed E-state index contributed by atoms with van der Waals surface area (Å²) < 4.78 is 0. The first-order valence-corrected chi connectivity index (χ1v) is 7.24. The van der Waals surface area contributed by atoms with Gasteiger partial charge in [0.2, 0.25) is 0 Å². The van der Waals surface area contributed by atoms with E-state index in [1.54, 1.807) is 5.56 Å². The number of aromatic nitrogens is 1. The van der Waals surface area contributed by atoms with Gasteiger partial charge in [-0.05, 0) is 30.9 Å². The quantitative estimate of drug-likeness (QED) is 0.719. The molecule has 1 aliphatic carbocycles. The average Bonchev–Trinajstić information content (AvgIpc) is 2.81. The smallest absolute Gasteiger partial charge is 0.0589 e. The number of rotatable bonds is 0. The molecule has 0 atom stereocenters. The first-order chi connectivity index (χ1) is 8.89. The molecular formula is C16H20ClN2-. The predicted octanol–water partition coefficient (Wildman–Crippen LogP) is 0.477. The van der Waals surface area contributed by atoms with Gasteiger partial charge in [0.05, 0.1) is 5.54 Å². The molecule has 1 fully saturated rings. The van der Waals surface area contributed by atoms with Crippen molar-refractivity contribution in [1.82, 2.24) is 10.3 Å². The lowest BCUT2D eigenvalue weighted by Gasteiger charge is -2.41. The summed E-state index contributed by atoms with van der Waals surface area (Å²) >= 11 is 0. The molecular weight excluding hydrogens is 256 g/mol. The molecule has 1 spiro atoms. The molecule has 0 bridgehead atoms. The molecule has 3 heteroatoms. The van der Waals surface area contributed by atoms with Crippen molar-refractivity contribution in [3.63, 3.8) is 0 Å². The molecule has 1 saturated carbocycles. The van der Waals surface area contributed by atoms with Crippen molar-refractivity contribution in [3.05, 3.63) is 35.5 Å². The topological polar surface area (TPSA) is 27.8 Å². The van der Waals surface area contributed by atoms with Crippen LogP contribution < -0.4 is 17.7 Å². The van der Waals surface area contributed by atoms with Crippen molar-refractivity contribution in [1.29, 1.82) is 0 Å². The summed E-state index contributed by atoms with van der Waals surface area (Å²) in [5.74, 6) is 0. The maximum atomic E-state index is 3.82. The Bertz CT molecular complexity index is 581. The summed E-state index contributed by atoms with van der Waals surface area (Å²) in [5, 5.41) is 5.26. The summed E-state index contributed by atoms with van der Waals surface area (Å²) in [6, 6.07) is 8.77. The summed E-state index contributed by atoms with van der Waals surface area (Å²) in [4.78, 5) is 3.71. The van der Waals surface area contributed by atoms with Gasteiger partial charge in [0.25, 0.3) is 0 Å². The number of fused-ring (bicyclic) bond motifs is 4. The number of benzene rings is 1. The molecule has 2 heterocycles. The largest absolute Gasteiger partial charge is 1.00 e. The fourth-order valence-electron chi connectivity index (χ4n) is 3.97. The van der Waals surface area contributed by atoms with Gasteiger partial charge in [0.1, 0.15) is 0 Å². The maximum Gasteiger partial charge on any atom is 0.0589 e. The molecule has 2 N–H and O–H groups in total. The Kier molecular flexibility index (Phi) is 3.32. The van der Waals surface area contributed by atoms with Gasteiger partial charge in [-0.1, -0.05) is 37.5 Å². The Morgan fingerprint density at radius 2 is 1.79 bits per heavy atom. The fourth-order valence-corrected chi connectivity index (χ4v) is 3.97. The second-order valence-corrected chi connectivity index (χ2v) is 5.84.